The van der Waals surface area contributed by atoms with Crippen LogP contribution in [0.15, 0.2) is 35.2 Å². The highest BCUT2D eigenvalue weighted by Gasteiger charge is 2.26. The highest BCUT2D eigenvalue weighted by atomic mass is 35.5. The van der Waals surface area contributed by atoms with E-state index in [1.54, 1.807) is 12.1 Å². The molecule has 0 unspecified atom stereocenters. The molecule has 0 radical (unpaired) electrons. The van der Waals surface area contributed by atoms with Crippen LogP contribution in [0.2, 0.25) is 5.02 Å². The van der Waals surface area contributed by atoms with E-state index in [4.69, 9.17) is 22.1 Å². The number of carbonyl (C=O) groups excluding carboxylic acids is 2. The first-order chi connectivity index (χ1) is 15.1. The molecule has 1 aromatic heterocycles. The number of ether oxygens (including phenoxy) is 1. The number of benzene rings is 2. The number of nitrogens with two attached hydrogens (primary N) is 1. The fourth-order valence-electron chi connectivity index (χ4n) is 3.39. The number of morpholine rings is 1. The smallest absolute Gasteiger partial charge is 0.261 e. The number of rotatable bonds is 5. The van der Waals surface area contributed by atoms with Crippen molar-refractivity contribution in [3.05, 3.63) is 46.5 Å². The molecule has 32 heavy (non-hydrogen) atoms. The van der Waals surface area contributed by atoms with Crippen LogP contribution in [0.3, 0.4) is 0 Å². The van der Waals surface area contributed by atoms with Crippen LogP contribution in [0.5, 0.6) is 0 Å². The second-order valence-electron chi connectivity index (χ2n) is 7.16. The Balaban J connectivity index is 1.72. The van der Waals surface area contributed by atoms with E-state index in [-0.39, 0.29) is 26.2 Å². The number of sulfone groups is 1. The van der Waals surface area contributed by atoms with E-state index < -0.39 is 21.7 Å². The highest BCUT2D eigenvalue weighted by Crippen LogP contribution is 2.34. The maximum atomic E-state index is 13.2. The second-order valence-corrected chi connectivity index (χ2v) is 10.6. The first-order valence-corrected chi connectivity index (χ1v) is 12.6. The van der Waals surface area contributed by atoms with Crippen molar-refractivity contribution in [3.8, 4) is 0 Å². The number of anilines is 2. The summed E-state index contributed by atoms with van der Waals surface area (Å²) in [6, 6.07) is 7.70. The molecule has 2 amide bonds. The van der Waals surface area contributed by atoms with Gasteiger partial charge in [-0.3, -0.25) is 14.9 Å². The number of thiazole rings is 1. The zero-order valence-corrected chi connectivity index (χ0v) is 19.3. The minimum Gasteiger partial charge on any atom is -0.378 e. The molecular weight excluding hydrogens is 476 g/mol. The van der Waals surface area contributed by atoms with E-state index in [0.29, 0.717) is 42.2 Å². The topological polar surface area (TPSA) is 132 Å². The number of hydrogen-bond donors (Lipinski definition) is 2. The maximum Gasteiger partial charge on any atom is 0.261 e. The predicted molar refractivity (Wildman–Crippen MR) is 124 cm³/mol. The number of halogens is 1. The summed E-state index contributed by atoms with van der Waals surface area (Å²) in [7, 11) is -3.37. The summed E-state index contributed by atoms with van der Waals surface area (Å²) in [5.41, 5.74) is 6.67. The number of fused-ring (bicyclic) bond motifs is 1. The Kier molecular flexibility index (Phi) is 6.08. The molecule has 4 rings (SSSR count). The lowest BCUT2D eigenvalue weighted by molar-refractivity contribution is 0.1000. The third-order valence-corrected chi connectivity index (χ3v) is 7.41. The molecule has 0 bridgehead atoms. The third-order valence-electron chi connectivity index (χ3n) is 4.97. The Labute approximate surface area is 193 Å². The van der Waals surface area contributed by atoms with Crippen molar-refractivity contribution in [1.82, 2.24) is 4.98 Å². The van der Waals surface area contributed by atoms with Gasteiger partial charge in [0.2, 0.25) is 5.91 Å². The summed E-state index contributed by atoms with van der Waals surface area (Å²) < 4.78 is 29.6. The van der Waals surface area contributed by atoms with Gasteiger partial charge < -0.3 is 15.4 Å². The number of nitrogens with one attached hydrogen (secondary N) is 1. The number of primary amides is 1. The van der Waals surface area contributed by atoms with Gasteiger partial charge in [-0.25, -0.2) is 13.4 Å². The van der Waals surface area contributed by atoms with Crippen LogP contribution < -0.4 is 16.0 Å². The van der Waals surface area contributed by atoms with Crippen molar-refractivity contribution < 1.29 is 22.7 Å². The van der Waals surface area contributed by atoms with E-state index in [9.17, 15) is 18.0 Å². The lowest BCUT2D eigenvalue weighted by Crippen LogP contribution is -2.37. The molecule has 1 fully saturated rings. The first kappa shape index (κ1) is 22.5. The minimum atomic E-state index is -3.37. The Bertz CT molecular complexity index is 1330. The molecule has 0 spiro atoms. The standard InChI is InChI=1S/C20H19ClN4O5S2/c1-32(28,29)11-2-4-13-15(10-11)31-20(23-13)24-19(27)16-14(25-6-8-30-9-7-25)5-3-12(17(16)21)18(22)26/h2-5,10H,6-9H2,1H3,(H2,22,26)(H,23,24,27). The van der Waals surface area contributed by atoms with Gasteiger partial charge >= 0.3 is 0 Å². The molecule has 9 nitrogen and oxygen atoms in total. The fraction of sp³-hybridized carbons (Fsp3) is 0.250. The Morgan fingerprint density at radius 1 is 1.22 bits per heavy atom. The summed E-state index contributed by atoms with van der Waals surface area (Å²) in [6.45, 7) is 2.11. The molecule has 0 saturated carbocycles. The zero-order chi connectivity index (χ0) is 23.0. The number of aromatic nitrogens is 1. The van der Waals surface area contributed by atoms with Crippen LogP contribution in [0.25, 0.3) is 10.2 Å². The van der Waals surface area contributed by atoms with E-state index in [2.05, 4.69) is 10.3 Å². The van der Waals surface area contributed by atoms with Gasteiger partial charge in [0.05, 0.1) is 50.2 Å². The molecule has 2 aromatic carbocycles. The summed E-state index contributed by atoms with van der Waals surface area (Å²) in [4.78, 5) is 31.5. The minimum absolute atomic E-state index is 0.0379. The average molecular weight is 495 g/mol. The van der Waals surface area contributed by atoms with E-state index in [1.807, 2.05) is 4.90 Å². The lowest BCUT2D eigenvalue weighted by Gasteiger charge is -2.30. The molecule has 1 aliphatic heterocycles. The zero-order valence-electron chi connectivity index (χ0n) is 16.9. The van der Waals surface area contributed by atoms with Gasteiger partial charge in [0.25, 0.3) is 5.91 Å². The van der Waals surface area contributed by atoms with Crippen LogP contribution in [0.1, 0.15) is 20.7 Å². The largest absolute Gasteiger partial charge is 0.378 e. The van der Waals surface area contributed by atoms with Crippen molar-refractivity contribution in [2.45, 2.75) is 4.90 Å². The van der Waals surface area contributed by atoms with Crippen LogP contribution >= 0.6 is 22.9 Å². The Morgan fingerprint density at radius 3 is 2.59 bits per heavy atom. The number of hydrogen-bond acceptors (Lipinski definition) is 8. The molecular formula is C20H19ClN4O5S2. The average Bonchev–Trinajstić information content (AvgIpc) is 3.14. The van der Waals surface area contributed by atoms with Gasteiger partial charge in [0.15, 0.2) is 15.0 Å². The molecule has 3 aromatic rings. The first-order valence-electron chi connectivity index (χ1n) is 9.52. The molecule has 1 aliphatic rings. The third kappa shape index (κ3) is 4.42. The lowest BCUT2D eigenvalue weighted by atomic mass is 10.1. The molecule has 1 saturated heterocycles. The monoisotopic (exact) mass is 494 g/mol. The fourth-order valence-corrected chi connectivity index (χ4v) is 5.35. The quantitative estimate of drug-likeness (QED) is 0.557. The maximum absolute atomic E-state index is 13.2. The number of amides is 2. The summed E-state index contributed by atoms with van der Waals surface area (Å²) in [5, 5.41) is 2.94. The molecule has 12 heteroatoms. The Morgan fingerprint density at radius 2 is 1.94 bits per heavy atom. The van der Waals surface area contributed by atoms with Gasteiger partial charge in [-0.15, -0.1) is 0 Å². The van der Waals surface area contributed by atoms with E-state index in [1.165, 1.54) is 18.2 Å². The van der Waals surface area contributed by atoms with Crippen molar-refractivity contribution in [3.63, 3.8) is 0 Å². The highest BCUT2D eigenvalue weighted by molar-refractivity contribution is 7.90. The van der Waals surface area contributed by atoms with Gasteiger partial charge in [-0.05, 0) is 30.3 Å². The van der Waals surface area contributed by atoms with Crippen molar-refractivity contribution >= 4 is 65.6 Å². The second kappa shape index (κ2) is 8.66. The van der Waals surface area contributed by atoms with Crippen molar-refractivity contribution in [1.29, 1.82) is 0 Å². The normalized spacial score (nSPS) is 14.5. The summed E-state index contributed by atoms with van der Waals surface area (Å²) in [6.07, 6.45) is 1.12. The van der Waals surface area contributed by atoms with Crippen LogP contribution in [0.4, 0.5) is 10.8 Å². The van der Waals surface area contributed by atoms with Gasteiger partial charge in [0, 0.05) is 19.3 Å². The van der Waals surface area contributed by atoms with E-state index in [0.717, 1.165) is 17.6 Å². The van der Waals surface area contributed by atoms with Gasteiger partial charge in [-0.1, -0.05) is 22.9 Å². The molecule has 3 N–H and O–H groups in total. The number of nitrogens with zero attached hydrogens (tertiary/aromatic N) is 2. The Hall–Kier alpha value is -2.73. The number of carbonyl (C=O) groups is 2. The van der Waals surface area contributed by atoms with E-state index >= 15 is 0 Å². The van der Waals surface area contributed by atoms with Crippen LogP contribution in [0, 0.1) is 0 Å². The van der Waals surface area contributed by atoms with Crippen LogP contribution in [-0.2, 0) is 14.6 Å². The van der Waals surface area contributed by atoms with Crippen molar-refractivity contribution in [2.24, 2.45) is 5.73 Å². The van der Waals surface area contributed by atoms with Crippen LogP contribution in [-0.4, -0.2) is 57.8 Å². The summed E-state index contributed by atoms with van der Waals surface area (Å²) >= 11 is 7.57. The summed E-state index contributed by atoms with van der Waals surface area (Å²) in [5.74, 6) is -1.30. The van der Waals surface area contributed by atoms with Gasteiger partial charge in [-0.2, -0.15) is 0 Å². The molecule has 2 heterocycles. The molecule has 168 valence electrons. The van der Waals surface area contributed by atoms with Crippen molar-refractivity contribution in [2.75, 3.05) is 42.8 Å². The SMILES string of the molecule is CS(=O)(=O)c1ccc2nc(NC(=O)c3c(N4CCOCC4)ccc(C(N)=O)c3Cl)sc2c1. The predicted octanol–water partition coefficient (Wildman–Crippen LogP) is 2.54. The molecule has 0 atom stereocenters. The van der Waals surface area contributed by atoms with Gasteiger partial charge in [0.1, 0.15) is 0 Å². The molecule has 0 aliphatic carbocycles.